The van der Waals surface area contributed by atoms with Crippen molar-refractivity contribution in [2.45, 2.75) is 32.0 Å². The van der Waals surface area contributed by atoms with Crippen molar-refractivity contribution in [2.75, 3.05) is 25.6 Å². The van der Waals surface area contributed by atoms with Gasteiger partial charge in [0.1, 0.15) is 18.1 Å². The smallest absolute Gasteiger partial charge is 0.338 e. The third kappa shape index (κ3) is 5.96. The molecule has 0 bridgehead atoms. The van der Waals surface area contributed by atoms with Crippen LogP contribution in [0.15, 0.2) is 48.5 Å². The molecule has 2 atom stereocenters. The van der Waals surface area contributed by atoms with Gasteiger partial charge in [0.05, 0.1) is 18.8 Å². The molecule has 7 nitrogen and oxygen atoms in total. The van der Waals surface area contributed by atoms with Crippen molar-refractivity contribution in [3.63, 3.8) is 0 Å². The molecule has 0 spiro atoms. The number of carbonyl (C=O) groups excluding carboxylic acids is 2. The van der Waals surface area contributed by atoms with Gasteiger partial charge in [-0.25, -0.2) is 4.79 Å². The minimum Gasteiger partial charge on any atom is -0.497 e. The topological polar surface area (TPSA) is 83.1 Å². The van der Waals surface area contributed by atoms with E-state index in [0.29, 0.717) is 29.4 Å². The molecule has 0 unspecified atom stereocenters. The van der Waals surface area contributed by atoms with E-state index in [9.17, 15) is 9.59 Å². The Bertz CT molecular complexity index is 829. The Balaban J connectivity index is 1.49. The maximum Gasteiger partial charge on any atom is 0.338 e. The SMILES string of the molecule is COc1cccc(NC(=O)[C@@H](C)OC(=O)c2ccc(OC[C@@H]3CCCO3)cc2)c1. The summed E-state index contributed by atoms with van der Waals surface area (Å²) in [6.07, 6.45) is 1.23. The third-order valence-corrected chi connectivity index (χ3v) is 4.54. The van der Waals surface area contributed by atoms with Gasteiger partial charge in [0.25, 0.3) is 5.91 Å². The Morgan fingerprint density at radius 2 is 1.97 bits per heavy atom. The van der Waals surface area contributed by atoms with Crippen molar-refractivity contribution in [3.8, 4) is 11.5 Å². The summed E-state index contributed by atoms with van der Waals surface area (Å²) in [5, 5.41) is 2.70. The monoisotopic (exact) mass is 399 g/mol. The maximum absolute atomic E-state index is 12.3. The molecule has 1 amide bonds. The summed E-state index contributed by atoms with van der Waals surface area (Å²) < 4.78 is 21.6. The fourth-order valence-corrected chi connectivity index (χ4v) is 2.88. The van der Waals surface area contributed by atoms with E-state index in [1.54, 1.807) is 55.6 Å². The van der Waals surface area contributed by atoms with Gasteiger partial charge < -0.3 is 24.3 Å². The summed E-state index contributed by atoms with van der Waals surface area (Å²) in [6.45, 7) is 2.79. The summed E-state index contributed by atoms with van der Waals surface area (Å²) in [5.41, 5.74) is 0.903. The van der Waals surface area contributed by atoms with Gasteiger partial charge in [0, 0.05) is 18.4 Å². The number of methoxy groups -OCH3 is 1. The zero-order valence-electron chi connectivity index (χ0n) is 16.6. The molecule has 1 N–H and O–H groups in total. The van der Waals surface area contributed by atoms with Crippen LogP contribution in [0.4, 0.5) is 5.69 Å². The minimum absolute atomic E-state index is 0.128. The molecule has 7 heteroatoms. The molecule has 0 radical (unpaired) electrons. The number of ether oxygens (including phenoxy) is 4. The highest BCUT2D eigenvalue weighted by molar-refractivity contribution is 5.97. The van der Waals surface area contributed by atoms with Crippen LogP contribution in [-0.4, -0.2) is 44.4 Å². The zero-order valence-corrected chi connectivity index (χ0v) is 16.6. The quantitative estimate of drug-likeness (QED) is 0.685. The molecule has 2 aromatic carbocycles. The number of carbonyl (C=O) groups is 2. The lowest BCUT2D eigenvalue weighted by Gasteiger charge is -2.14. The number of benzene rings is 2. The highest BCUT2D eigenvalue weighted by atomic mass is 16.5. The summed E-state index contributed by atoms with van der Waals surface area (Å²) >= 11 is 0. The molecule has 2 aromatic rings. The molecule has 1 heterocycles. The summed E-state index contributed by atoms with van der Waals surface area (Å²) in [7, 11) is 1.55. The molecule has 1 saturated heterocycles. The average Bonchev–Trinajstić information content (AvgIpc) is 3.26. The first-order valence-corrected chi connectivity index (χ1v) is 9.55. The van der Waals surface area contributed by atoms with Gasteiger partial charge in [-0.2, -0.15) is 0 Å². The van der Waals surface area contributed by atoms with Crippen LogP contribution in [0.2, 0.25) is 0 Å². The highest BCUT2D eigenvalue weighted by Gasteiger charge is 2.20. The number of esters is 1. The van der Waals surface area contributed by atoms with Crippen LogP contribution in [0, 0.1) is 0 Å². The van der Waals surface area contributed by atoms with Crippen molar-refractivity contribution >= 4 is 17.6 Å². The first kappa shape index (κ1) is 20.7. The van der Waals surface area contributed by atoms with Crippen molar-refractivity contribution in [3.05, 3.63) is 54.1 Å². The first-order chi connectivity index (χ1) is 14.0. The molecule has 0 aliphatic carbocycles. The van der Waals surface area contributed by atoms with Crippen LogP contribution in [0.1, 0.15) is 30.1 Å². The van der Waals surface area contributed by atoms with Crippen LogP contribution in [0.3, 0.4) is 0 Å². The van der Waals surface area contributed by atoms with E-state index in [1.807, 2.05) is 0 Å². The van der Waals surface area contributed by atoms with E-state index >= 15 is 0 Å². The Hall–Kier alpha value is -3.06. The normalized spacial score (nSPS) is 16.7. The third-order valence-electron chi connectivity index (χ3n) is 4.54. The Kier molecular flexibility index (Phi) is 7.08. The van der Waals surface area contributed by atoms with Gasteiger partial charge >= 0.3 is 5.97 Å². The number of amides is 1. The van der Waals surface area contributed by atoms with Crippen molar-refractivity contribution in [2.24, 2.45) is 0 Å². The first-order valence-electron chi connectivity index (χ1n) is 9.55. The molecule has 1 fully saturated rings. The number of anilines is 1. The standard InChI is InChI=1S/C22H25NO6/c1-15(21(24)23-17-5-3-6-19(13-17)26-2)29-22(25)16-8-10-18(11-9-16)28-14-20-7-4-12-27-20/h3,5-6,8-11,13,15,20H,4,7,12,14H2,1-2H3,(H,23,24)/t15-,20+/m1/s1. The second kappa shape index (κ2) is 9.93. The van der Waals surface area contributed by atoms with Gasteiger partial charge in [0.15, 0.2) is 6.10 Å². The predicted octanol–water partition coefficient (Wildman–Crippen LogP) is 3.44. The van der Waals surface area contributed by atoms with Crippen LogP contribution < -0.4 is 14.8 Å². The van der Waals surface area contributed by atoms with E-state index in [-0.39, 0.29) is 6.10 Å². The van der Waals surface area contributed by atoms with Gasteiger partial charge in [-0.05, 0) is 56.2 Å². The van der Waals surface area contributed by atoms with Crippen LogP contribution in [0.25, 0.3) is 0 Å². The van der Waals surface area contributed by atoms with Gasteiger partial charge in [-0.3, -0.25) is 4.79 Å². The largest absolute Gasteiger partial charge is 0.497 e. The zero-order chi connectivity index (χ0) is 20.6. The second-order valence-corrected chi connectivity index (χ2v) is 6.74. The minimum atomic E-state index is -0.954. The lowest BCUT2D eigenvalue weighted by molar-refractivity contribution is -0.123. The molecular weight excluding hydrogens is 374 g/mol. The molecule has 0 saturated carbocycles. The summed E-state index contributed by atoms with van der Waals surface area (Å²) in [6, 6.07) is 13.6. The maximum atomic E-state index is 12.3. The van der Waals surface area contributed by atoms with Crippen LogP contribution in [-0.2, 0) is 14.3 Å². The van der Waals surface area contributed by atoms with E-state index in [0.717, 1.165) is 19.4 Å². The number of rotatable bonds is 8. The predicted molar refractivity (Wildman–Crippen MR) is 107 cm³/mol. The second-order valence-electron chi connectivity index (χ2n) is 6.74. The fourth-order valence-electron chi connectivity index (χ4n) is 2.88. The molecule has 154 valence electrons. The van der Waals surface area contributed by atoms with Crippen molar-refractivity contribution < 1.29 is 28.5 Å². The Morgan fingerprint density at radius 3 is 2.66 bits per heavy atom. The summed E-state index contributed by atoms with van der Waals surface area (Å²) in [4.78, 5) is 24.6. The highest BCUT2D eigenvalue weighted by Crippen LogP contribution is 2.19. The number of nitrogens with one attached hydrogen (secondary N) is 1. The van der Waals surface area contributed by atoms with Gasteiger partial charge in [0.2, 0.25) is 0 Å². The van der Waals surface area contributed by atoms with E-state index in [4.69, 9.17) is 18.9 Å². The summed E-state index contributed by atoms with van der Waals surface area (Å²) in [5.74, 6) is 0.266. The van der Waals surface area contributed by atoms with Gasteiger partial charge in [-0.1, -0.05) is 6.07 Å². The molecule has 1 aliphatic rings. The van der Waals surface area contributed by atoms with Crippen molar-refractivity contribution in [1.82, 2.24) is 0 Å². The molecule has 1 aliphatic heterocycles. The fraction of sp³-hybridized carbons (Fsp3) is 0.364. The lowest BCUT2D eigenvalue weighted by atomic mass is 10.2. The number of hydrogen-bond acceptors (Lipinski definition) is 6. The molecule has 3 rings (SSSR count). The van der Waals surface area contributed by atoms with Crippen LogP contribution >= 0.6 is 0 Å². The van der Waals surface area contributed by atoms with E-state index in [1.165, 1.54) is 6.92 Å². The Morgan fingerprint density at radius 1 is 1.17 bits per heavy atom. The Labute approximate surface area is 169 Å². The van der Waals surface area contributed by atoms with E-state index in [2.05, 4.69) is 5.32 Å². The molecular formula is C22H25NO6. The molecule has 0 aromatic heterocycles. The molecule has 29 heavy (non-hydrogen) atoms. The van der Waals surface area contributed by atoms with Crippen molar-refractivity contribution in [1.29, 1.82) is 0 Å². The van der Waals surface area contributed by atoms with Crippen LogP contribution in [0.5, 0.6) is 11.5 Å². The van der Waals surface area contributed by atoms with Gasteiger partial charge in [-0.15, -0.1) is 0 Å². The van der Waals surface area contributed by atoms with E-state index < -0.39 is 18.0 Å². The average molecular weight is 399 g/mol. The number of hydrogen-bond donors (Lipinski definition) is 1. The lowest BCUT2D eigenvalue weighted by Crippen LogP contribution is -2.30.